The lowest BCUT2D eigenvalue weighted by Crippen LogP contribution is -2.23. The van der Waals surface area contributed by atoms with Gasteiger partial charge < -0.3 is 19.5 Å². The van der Waals surface area contributed by atoms with Crippen molar-refractivity contribution in [3.05, 3.63) is 45.8 Å². The second-order valence-corrected chi connectivity index (χ2v) is 8.19. The van der Waals surface area contributed by atoms with Crippen LogP contribution in [0.4, 0.5) is 5.00 Å². The summed E-state index contributed by atoms with van der Waals surface area (Å²) < 4.78 is 15.7. The van der Waals surface area contributed by atoms with E-state index in [1.54, 1.807) is 58.9 Å². The van der Waals surface area contributed by atoms with Crippen molar-refractivity contribution >= 4 is 34.2 Å². The number of esters is 2. The van der Waals surface area contributed by atoms with E-state index in [1.807, 2.05) is 0 Å². The molecular weight excluding hydrogens is 394 g/mol. The van der Waals surface area contributed by atoms with Crippen molar-refractivity contribution in [2.75, 3.05) is 19.0 Å². The van der Waals surface area contributed by atoms with E-state index in [0.29, 0.717) is 16.9 Å². The molecule has 0 atom stereocenters. The molecule has 0 aliphatic heterocycles. The maximum Gasteiger partial charge on any atom is 0.349 e. The van der Waals surface area contributed by atoms with Crippen molar-refractivity contribution < 1.29 is 28.6 Å². The number of nitrogens with one attached hydrogen (secondary N) is 1. The molecule has 0 unspecified atom stereocenters. The summed E-state index contributed by atoms with van der Waals surface area (Å²) in [6, 6.07) is 6.61. The second kappa shape index (κ2) is 9.09. The van der Waals surface area contributed by atoms with Gasteiger partial charge in [-0.05, 0) is 58.4 Å². The van der Waals surface area contributed by atoms with Gasteiger partial charge in [0.2, 0.25) is 0 Å². The molecule has 8 heteroatoms. The van der Waals surface area contributed by atoms with E-state index in [-0.39, 0.29) is 22.0 Å². The van der Waals surface area contributed by atoms with Crippen LogP contribution >= 0.6 is 11.3 Å². The maximum atomic E-state index is 12.7. The van der Waals surface area contributed by atoms with Crippen LogP contribution in [-0.2, 0) is 9.47 Å². The van der Waals surface area contributed by atoms with Crippen molar-refractivity contribution in [3.63, 3.8) is 0 Å². The molecule has 0 fully saturated rings. The molecule has 0 aliphatic rings. The zero-order valence-electron chi connectivity index (χ0n) is 17.4. The quantitative estimate of drug-likeness (QED) is 0.696. The molecule has 1 N–H and O–H groups in total. The first kappa shape index (κ1) is 22.4. The zero-order chi connectivity index (χ0) is 21.8. The number of rotatable bonds is 6. The minimum atomic E-state index is -0.693. The molecule has 7 nitrogen and oxygen atoms in total. The Hall–Kier alpha value is -2.87. The predicted octanol–water partition coefficient (Wildman–Crippen LogP) is 4.45. The molecule has 1 aromatic carbocycles. The number of carbonyl (C=O) groups is 3. The van der Waals surface area contributed by atoms with Crippen LogP contribution < -0.4 is 10.1 Å². The van der Waals surface area contributed by atoms with Gasteiger partial charge in [0, 0.05) is 5.56 Å². The van der Waals surface area contributed by atoms with Crippen LogP contribution in [0.2, 0.25) is 0 Å². The summed E-state index contributed by atoms with van der Waals surface area (Å²) in [6.45, 7) is 8.74. The van der Waals surface area contributed by atoms with E-state index in [2.05, 4.69) is 5.32 Å². The van der Waals surface area contributed by atoms with Gasteiger partial charge in [-0.25, -0.2) is 9.59 Å². The monoisotopic (exact) mass is 419 g/mol. The lowest BCUT2D eigenvalue weighted by Gasteiger charge is -2.19. The van der Waals surface area contributed by atoms with E-state index in [4.69, 9.17) is 14.2 Å². The summed E-state index contributed by atoms with van der Waals surface area (Å²) in [5.41, 5.74) is 0.211. The van der Waals surface area contributed by atoms with Crippen molar-refractivity contribution in [1.29, 1.82) is 0 Å². The highest BCUT2D eigenvalue weighted by molar-refractivity contribution is 7.18. The molecule has 29 heavy (non-hydrogen) atoms. The van der Waals surface area contributed by atoms with Gasteiger partial charge >= 0.3 is 11.9 Å². The molecule has 0 aliphatic carbocycles. The largest absolute Gasteiger partial charge is 0.497 e. The number of hydrogen-bond acceptors (Lipinski definition) is 7. The summed E-state index contributed by atoms with van der Waals surface area (Å²) >= 11 is 0.983. The van der Waals surface area contributed by atoms with E-state index in [9.17, 15) is 14.4 Å². The summed E-state index contributed by atoms with van der Waals surface area (Å²) in [4.78, 5) is 38.0. The Bertz CT molecular complexity index is 926. The first-order valence-corrected chi connectivity index (χ1v) is 9.88. The summed E-state index contributed by atoms with van der Waals surface area (Å²) in [5.74, 6) is -1.09. The molecule has 0 saturated carbocycles. The summed E-state index contributed by atoms with van der Waals surface area (Å²) in [5, 5.41) is 2.94. The third-order valence-corrected chi connectivity index (χ3v) is 4.96. The van der Waals surface area contributed by atoms with Crippen LogP contribution in [-0.4, -0.2) is 37.2 Å². The standard InChI is InChI=1S/C21H25NO6S/c1-7-27-19(24)15-12(2)16(20(25)28-21(3,4)5)29-18(15)22-17(23)13-9-8-10-14(11-13)26-6/h8-11H,7H2,1-6H3,(H,22,23). The molecule has 0 spiro atoms. The van der Waals surface area contributed by atoms with E-state index >= 15 is 0 Å². The number of thiophene rings is 1. The van der Waals surface area contributed by atoms with E-state index < -0.39 is 23.4 Å². The van der Waals surface area contributed by atoms with Gasteiger partial charge in [-0.15, -0.1) is 11.3 Å². The number of anilines is 1. The van der Waals surface area contributed by atoms with Gasteiger partial charge in [0.25, 0.3) is 5.91 Å². The van der Waals surface area contributed by atoms with Crippen LogP contribution in [0.25, 0.3) is 0 Å². The first-order valence-electron chi connectivity index (χ1n) is 9.06. The average molecular weight is 419 g/mol. The topological polar surface area (TPSA) is 90.9 Å². The fourth-order valence-electron chi connectivity index (χ4n) is 2.51. The van der Waals surface area contributed by atoms with E-state index in [0.717, 1.165) is 11.3 Å². The molecule has 1 amide bonds. The molecular formula is C21H25NO6S. The Morgan fingerprint density at radius 1 is 1.14 bits per heavy atom. The highest BCUT2D eigenvalue weighted by Gasteiger charge is 2.29. The highest BCUT2D eigenvalue weighted by Crippen LogP contribution is 2.35. The normalized spacial score (nSPS) is 11.0. The Morgan fingerprint density at radius 3 is 2.41 bits per heavy atom. The van der Waals surface area contributed by atoms with Crippen LogP contribution in [0.3, 0.4) is 0 Å². The van der Waals surface area contributed by atoms with Gasteiger partial charge in [-0.1, -0.05) is 6.07 Å². The number of amides is 1. The van der Waals surface area contributed by atoms with Gasteiger partial charge in [0.05, 0.1) is 19.3 Å². The second-order valence-electron chi connectivity index (χ2n) is 7.17. The fraction of sp³-hybridized carbons (Fsp3) is 0.381. The molecule has 2 aromatic rings. The lowest BCUT2D eigenvalue weighted by molar-refractivity contribution is 0.00744. The van der Waals surface area contributed by atoms with Crippen LogP contribution in [0.15, 0.2) is 24.3 Å². The first-order chi connectivity index (χ1) is 13.6. The van der Waals surface area contributed by atoms with Crippen LogP contribution in [0.5, 0.6) is 5.75 Å². The number of carbonyl (C=O) groups excluding carboxylic acids is 3. The van der Waals surface area contributed by atoms with E-state index in [1.165, 1.54) is 7.11 Å². The Balaban J connectivity index is 2.43. The number of benzene rings is 1. The van der Waals surface area contributed by atoms with Crippen molar-refractivity contribution in [2.45, 2.75) is 40.2 Å². The lowest BCUT2D eigenvalue weighted by atomic mass is 10.1. The third kappa shape index (κ3) is 5.57. The summed E-state index contributed by atoms with van der Waals surface area (Å²) in [6.07, 6.45) is 0. The van der Waals surface area contributed by atoms with Crippen molar-refractivity contribution in [2.24, 2.45) is 0 Å². The number of hydrogen-bond donors (Lipinski definition) is 1. The number of methoxy groups -OCH3 is 1. The van der Waals surface area contributed by atoms with Crippen LogP contribution in [0, 0.1) is 6.92 Å². The fourth-order valence-corrected chi connectivity index (χ4v) is 3.58. The van der Waals surface area contributed by atoms with Gasteiger partial charge in [0.1, 0.15) is 21.2 Å². The molecule has 1 heterocycles. The molecule has 0 saturated heterocycles. The van der Waals surface area contributed by atoms with Gasteiger partial charge in [0.15, 0.2) is 0 Å². The minimum absolute atomic E-state index is 0.147. The smallest absolute Gasteiger partial charge is 0.349 e. The predicted molar refractivity (Wildman–Crippen MR) is 111 cm³/mol. The zero-order valence-corrected chi connectivity index (χ0v) is 18.2. The van der Waals surface area contributed by atoms with Crippen molar-refractivity contribution in [3.8, 4) is 5.75 Å². The molecule has 0 radical (unpaired) electrons. The van der Waals surface area contributed by atoms with Gasteiger partial charge in [-0.3, -0.25) is 4.79 Å². The molecule has 2 rings (SSSR count). The van der Waals surface area contributed by atoms with Crippen LogP contribution in [0.1, 0.15) is 63.6 Å². The average Bonchev–Trinajstić information content (AvgIpc) is 2.96. The SMILES string of the molecule is CCOC(=O)c1c(NC(=O)c2cccc(OC)c2)sc(C(=O)OC(C)(C)C)c1C. The Labute approximate surface area is 174 Å². The summed E-state index contributed by atoms with van der Waals surface area (Å²) in [7, 11) is 1.51. The third-order valence-electron chi connectivity index (χ3n) is 3.77. The Morgan fingerprint density at radius 2 is 1.83 bits per heavy atom. The maximum absolute atomic E-state index is 12.7. The molecule has 1 aromatic heterocycles. The minimum Gasteiger partial charge on any atom is -0.497 e. The number of ether oxygens (including phenoxy) is 3. The molecule has 156 valence electrons. The molecule has 0 bridgehead atoms. The highest BCUT2D eigenvalue weighted by atomic mass is 32.1. The van der Waals surface area contributed by atoms with Gasteiger partial charge in [-0.2, -0.15) is 0 Å². The van der Waals surface area contributed by atoms with Crippen molar-refractivity contribution in [1.82, 2.24) is 0 Å². The Kier molecular flexibility index (Phi) is 7.02.